The number of fused-ring (bicyclic) bond motifs is 1. The second-order valence-corrected chi connectivity index (χ2v) is 2.87. The summed E-state index contributed by atoms with van der Waals surface area (Å²) in [7, 11) is 1.77. The van der Waals surface area contributed by atoms with Crippen molar-refractivity contribution in [2.45, 2.75) is 18.9 Å². The van der Waals surface area contributed by atoms with E-state index in [1.165, 1.54) is 11.1 Å². The average Bonchev–Trinajstić information content (AvgIpc) is 2.47. The third-order valence-electron chi connectivity index (χ3n) is 2.27. The van der Waals surface area contributed by atoms with Crippen LogP contribution in [0.25, 0.3) is 0 Å². The van der Waals surface area contributed by atoms with Gasteiger partial charge in [0, 0.05) is 13.2 Å². The Bertz CT molecular complexity index is 265. The van der Waals surface area contributed by atoms with Crippen LogP contribution in [0.1, 0.15) is 23.7 Å². The van der Waals surface area contributed by atoms with Crippen LogP contribution >= 0.6 is 0 Å². The molecule has 0 aromatic heterocycles. The standard InChI is InChI=1S/C10H11O.BrH.Mg/c1-11-10-7-6-8-4-2-3-5-9(8)10;;/h2-3,5,10H,6-7H2,1H3;1H;/q-1;;+2/p-1. The first-order valence-electron chi connectivity index (χ1n) is 3.94. The van der Waals surface area contributed by atoms with Crippen molar-refractivity contribution in [3.05, 3.63) is 35.4 Å². The van der Waals surface area contributed by atoms with Crippen LogP contribution in [0.2, 0.25) is 0 Å². The normalized spacial score (nSPS) is 18.4. The first-order chi connectivity index (χ1) is 5.42. The number of rotatable bonds is 1. The molecule has 0 N–H and O–H groups in total. The quantitative estimate of drug-likeness (QED) is 0.447. The van der Waals surface area contributed by atoms with Crippen molar-refractivity contribution in [3.8, 4) is 0 Å². The molecule has 0 spiro atoms. The number of hydrogen-bond donors (Lipinski definition) is 0. The van der Waals surface area contributed by atoms with E-state index in [1.54, 1.807) is 7.11 Å². The third-order valence-corrected chi connectivity index (χ3v) is 2.27. The molecule has 2 rings (SSSR count). The fourth-order valence-corrected chi connectivity index (χ4v) is 1.68. The summed E-state index contributed by atoms with van der Waals surface area (Å²) in [4.78, 5) is 0. The zero-order chi connectivity index (χ0) is 7.68. The van der Waals surface area contributed by atoms with Crippen LogP contribution < -0.4 is 17.0 Å². The first-order valence-corrected chi connectivity index (χ1v) is 3.94. The minimum absolute atomic E-state index is 0. The number of ether oxygens (including phenoxy) is 1. The van der Waals surface area contributed by atoms with Crippen molar-refractivity contribution in [1.82, 2.24) is 0 Å². The van der Waals surface area contributed by atoms with E-state index in [4.69, 9.17) is 4.74 Å². The fraction of sp³-hybridized carbons (Fsp3) is 0.400. The van der Waals surface area contributed by atoms with Crippen molar-refractivity contribution in [2.24, 2.45) is 0 Å². The van der Waals surface area contributed by atoms with Gasteiger partial charge in [-0.05, 0) is 12.8 Å². The molecule has 1 unspecified atom stereocenters. The molecule has 0 fully saturated rings. The second kappa shape index (κ2) is 6.01. The molecule has 0 saturated heterocycles. The Balaban J connectivity index is 0.000000720. The van der Waals surface area contributed by atoms with Crippen molar-refractivity contribution < 1.29 is 21.7 Å². The molecule has 0 radical (unpaired) electrons. The van der Waals surface area contributed by atoms with Gasteiger partial charge in [-0.3, -0.25) is 0 Å². The Labute approximate surface area is 106 Å². The van der Waals surface area contributed by atoms with Gasteiger partial charge in [0.15, 0.2) is 0 Å². The summed E-state index contributed by atoms with van der Waals surface area (Å²) in [5.41, 5.74) is 2.66. The Kier molecular flexibility index (Phi) is 6.21. The summed E-state index contributed by atoms with van der Waals surface area (Å²) in [6, 6.07) is 9.36. The van der Waals surface area contributed by atoms with Crippen molar-refractivity contribution in [2.75, 3.05) is 7.11 Å². The minimum Gasteiger partial charge on any atom is -1.00 e. The first kappa shape index (κ1) is 13.4. The maximum absolute atomic E-state index is 5.32. The predicted octanol–water partition coefficient (Wildman–Crippen LogP) is -1.26. The summed E-state index contributed by atoms with van der Waals surface area (Å²) >= 11 is 0. The van der Waals surface area contributed by atoms with E-state index < -0.39 is 0 Å². The molecule has 1 aromatic rings. The molecule has 1 atom stereocenters. The summed E-state index contributed by atoms with van der Waals surface area (Å²) in [6.07, 6.45) is 2.56. The molecule has 0 aliphatic heterocycles. The van der Waals surface area contributed by atoms with E-state index in [-0.39, 0.29) is 40.0 Å². The summed E-state index contributed by atoms with van der Waals surface area (Å²) in [5, 5.41) is 0. The van der Waals surface area contributed by atoms with Crippen LogP contribution in [-0.2, 0) is 11.2 Å². The SMILES string of the molecule is COC1CCc2[c-]cccc21.[Br-].[Mg+2]. The maximum Gasteiger partial charge on any atom is 2.00 e. The Morgan fingerprint density at radius 3 is 3.00 bits per heavy atom. The van der Waals surface area contributed by atoms with Crippen molar-refractivity contribution in [1.29, 1.82) is 0 Å². The summed E-state index contributed by atoms with van der Waals surface area (Å²) in [6.45, 7) is 0. The van der Waals surface area contributed by atoms with Crippen LogP contribution in [0.15, 0.2) is 18.2 Å². The Morgan fingerprint density at radius 2 is 2.31 bits per heavy atom. The van der Waals surface area contributed by atoms with Gasteiger partial charge in [-0.15, -0.1) is 5.56 Å². The number of halogens is 1. The third kappa shape index (κ3) is 2.69. The molecule has 0 bridgehead atoms. The van der Waals surface area contributed by atoms with Crippen LogP contribution in [0.4, 0.5) is 0 Å². The van der Waals surface area contributed by atoms with Crippen molar-refractivity contribution in [3.63, 3.8) is 0 Å². The van der Waals surface area contributed by atoms with Crippen LogP contribution in [0.5, 0.6) is 0 Å². The topological polar surface area (TPSA) is 9.23 Å². The van der Waals surface area contributed by atoms with E-state index in [0.29, 0.717) is 6.10 Å². The largest absolute Gasteiger partial charge is 2.00 e. The Hall–Kier alpha value is 0.426. The van der Waals surface area contributed by atoms with Crippen LogP contribution in [0, 0.1) is 6.07 Å². The van der Waals surface area contributed by atoms with Crippen molar-refractivity contribution >= 4 is 23.1 Å². The smallest absolute Gasteiger partial charge is 1.00 e. The van der Waals surface area contributed by atoms with Crippen LogP contribution in [0.3, 0.4) is 0 Å². The minimum atomic E-state index is 0. The molecule has 13 heavy (non-hydrogen) atoms. The molecule has 1 aromatic carbocycles. The van der Waals surface area contributed by atoms with Gasteiger partial charge in [0.25, 0.3) is 0 Å². The molecule has 1 aliphatic rings. The van der Waals surface area contributed by atoms with Gasteiger partial charge in [0.1, 0.15) is 0 Å². The van der Waals surface area contributed by atoms with E-state index in [0.717, 1.165) is 12.8 Å². The van der Waals surface area contributed by atoms with E-state index >= 15 is 0 Å². The molecule has 66 valence electrons. The van der Waals surface area contributed by atoms with Gasteiger partial charge >= 0.3 is 23.1 Å². The van der Waals surface area contributed by atoms with Gasteiger partial charge in [0.2, 0.25) is 0 Å². The van der Waals surface area contributed by atoms with E-state index in [9.17, 15) is 0 Å². The van der Waals surface area contributed by atoms with Gasteiger partial charge in [-0.2, -0.15) is 29.8 Å². The number of benzene rings is 1. The van der Waals surface area contributed by atoms with Gasteiger partial charge < -0.3 is 21.7 Å². The summed E-state index contributed by atoms with van der Waals surface area (Å²) < 4.78 is 5.32. The molecule has 0 amide bonds. The average molecular weight is 251 g/mol. The van der Waals surface area contributed by atoms with Gasteiger partial charge in [-0.1, -0.05) is 0 Å². The molecule has 3 heteroatoms. The second-order valence-electron chi connectivity index (χ2n) is 2.87. The molecular formula is C10H11BrMgO. The zero-order valence-electron chi connectivity index (χ0n) is 7.72. The molecule has 1 aliphatic carbocycles. The van der Waals surface area contributed by atoms with Crippen LogP contribution in [-0.4, -0.2) is 30.2 Å². The fourth-order valence-electron chi connectivity index (χ4n) is 1.68. The molecule has 0 heterocycles. The van der Waals surface area contributed by atoms with Gasteiger partial charge in [-0.25, -0.2) is 0 Å². The maximum atomic E-state index is 5.32. The van der Waals surface area contributed by atoms with Gasteiger partial charge in [0.05, 0.1) is 0 Å². The molecular weight excluding hydrogens is 240 g/mol. The van der Waals surface area contributed by atoms with E-state index in [1.807, 2.05) is 12.1 Å². The number of hydrogen-bond acceptors (Lipinski definition) is 1. The summed E-state index contributed by atoms with van der Waals surface area (Å²) in [5.74, 6) is 0. The van der Waals surface area contributed by atoms with E-state index in [2.05, 4.69) is 12.1 Å². The number of aryl methyl sites for hydroxylation is 1. The molecule has 1 nitrogen and oxygen atoms in total. The molecule has 0 saturated carbocycles. The predicted molar refractivity (Wildman–Crippen MR) is 49.1 cm³/mol. The monoisotopic (exact) mass is 250 g/mol. The zero-order valence-corrected chi connectivity index (χ0v) is 10.7. The number of methoxy groups -OCH3 is 1. The Morgan fingerprint density at radius 1 is 1.54 bits per heavy atom.